The summed E-state index contributed by atoms with van der Waals surface area (Å²) in [6.07, 6.45) is 1.27. The van der Waals surface area contributed by atoms with Crippen LogP contribution in [-0.4, -0.2) is 51.2 Å². The van der Waals surface area contributed by atoms with Crippen LogP contribution in [0.5, 0.6) is 0 Å². The minimum atomic E-state index is -0.882. The van der Waals surface area contributed by atoms with Crippen molar-refractivity contribution in [3.63, 3.8) is 0 Å². The second-order valence-corrected chi connectivity index (χ2v) is 13.0. The number of benzene rings is 2. The van der Waals surface area contributed by atoms with Gasteiger partial charge in [-0.1, -0.05) is 61.0 Å². The Hall–Kier alpha value is -3.57. The number of nitrogens with one attached hydrogen (secondary N) is 2. The van der Waals surface area contributed by atoms with Crippen LogP contribution in [0, 0.1) is 12.3 Å². The van der Waals surface area contributed by atoms with E-state index in [0.717, 1.165) is 26.2 Å². The van der Waals surface area contributed by atoms with Gasteiger partial charge in [0.05, 0.1) is 16.1 Å². The molecule has 0 aliphatic carbocycles. The van der Waals surface area contributed by atoms with E-state index in [-0.39, 0.29) is 17.7 Å². The number of aromatic nitrogens is 2. The maximum Gasteiger partial charge on any atom is 0.307 e. The van der Waals surface area contributed by atoms with Gasteiger partial charge in [-0.05, 0) is 54.5 Å². The molecular weight excluding hydrogens is 606 g/mol. The number of aryl methyl sites for hydroxylation is 1. The lowest BCUT2D eigenvalue weighted by Gasteiger charge is -2.35. The highest BCUT2D eigenvalue weighted by molar-refractivity contribution is 9.10. The summed E-state index contributed by atoms with van der Waals surface area (Å²) in [4.78, 5) is 51.5. The summed E-state index contributed by atoms with van der Waals surface area (Å²) in [6.45, 7) is 8.41. The molecule has 3 amide bonds. The van der Waals surface area contributed by atoms with E-state index in [0.29, 0.717) is 37.0 Å². The van der Waals surface area contributed by atoms with E-state index in [2.05, 4.69) is 36.5 Å². The molecule has 1 fully saturated rings. The van der Waals surface area contributed by atoms with Crippen LogP contribution in [0.4, 0.5) is 0 Å². The molecule has 2 atom stereocenters. The highest BCUT2D eigenvalue weighted by atomic mass is 79.9. The van der Waals surface area contributed by atoms with Crippen LogP contribution in [-0.2, 0) is 16.1 Å². The smallest absolute Gasteiger partial charge is 0.307 e. The van der Waals surface area contributed by atoms with Gasteiger partial charge in [0.15, 0.2) is 5.58 Å². The van der Waals surface area contributed by atoms with Gasteiger partial charge in [-0.2, -0.15) is 0 Å². The highest BCUT2D eigenvalue weighted by Gasteiger charge is 2.42. The minimum Gasteiger partial charge on any atom is -0.432 e. The summed E-state index contributed by atoms with van der Waals surface area (Å²) < 4.78 is 6.45. The van der Waals surface area contributed by atoms with Crippen LogP contribution in [0.15, 0.2) is 56.9 Å². The number of halogens is 1. The lowest BCUT2D eigenvalue weighted by atomic mass is 9.85. The zero-order chi connectivity index (χ0) is 29.3. The van der Waals surface area contributed by atoms with E-state index in [1.807, 2.05) is 57.5 Å². The predicted molar refractivity (Wildman–Crippen MR) is 161 cm³/mol. The molecule has 2 aromatic carbocycles. The first kappa shape index (κ1) is 28.9. The molecule has 9 nitrogen and oxygen atoms in total. The highest BCUT2D eigenvalue weighted by Crippen LogP contribution is 2.28. The number of hydrogen-bond acceptors (Lipinski definition) is 7. The first-order valence-corrected chi connectivity index (χ1v) is 15.1. The molecule has 0 spiro atoms. The summed E-state index contributed by atoms with van der Waals surface area (Å²) in [6, 6.07) is 11.8. The van der Waals surface area contributed by atoms with Gasteiger partial charge in [0.1, 0.15) is 17.6 Å². The fourth-order valence-electron chi connectivity index (χ4n) is 4.97. The maximum absolute atomic E-state index is 13.8. The van der Waals surface area contributed by atoms with Gasteiger partial charge in [-0.25, -0.2) is 9.97 Å². The van der Waals surface area contributed by atoms with Crippen LogP contribution >= 0.6 is 27.3 Å². The van der Waals surface area contributed by atoms with Gasteiger partial charge in [-0.3, -0.25) is 14.4 Å². The van der Waals surface area contributed by atoms with E-state index in [4.69, 9.17) is 4.42 Å². The SMILES string of the molecule is Cc1ncsc1-c1ccc(CNC(=O)C2CCCN2C(=O)C(NC(=O)c2nc3cc(Br)ccc3o2)C(C)(C)C)cc1. The summed E-state index contributed by atoms with van der Waals surface area (Å²) >= 11 is 4.99. The molecule has 2 unspecified atom stereocenters. The van der Waals surface area contributed by atoms with E-state index in [1.165, 1.54) is 0 Å². The topological polar surface area (TPSA) is 117 Å². The van der Waals surface area contributed by atoms with Crippen LogP contribution in [0.2, 0.25) is 0 Å². The van der Waals surface area contributed by atoms with Gasteiger partial charge < -0.3 is 20.0 Å². The van der Waals surface area contributed by atoms with Crippen molar-refractivity contribution >= 4 is 56.1 Å². The van der Waals surface area contributed by atoms with Crippen LogP contribution in [0.1, 0.15) is 55.6 Å². The molecule has 4 aromatic rings. The first-order chi connectivity index (χ1) is 19.5. The number of fused-ring (bicyclic) bond motifs is 1. The summed E-state index contributed by atoms with van der Waals surface area (Å²) in [5.74, 6) is -1.21. The Morgan fingerprint density at radius 2 is 1.93 bits per heavy atom. The van der Waals surface area contributed by atoms with Crippen molar-refractivity contribution in [1.82, 2.24) is 25.5 Å². The number of thiazole rings is 1. The van der Waals surface area contributed by atoms with Crippen molar-refractivity contribution in [2.24, 2.45) is 5.41 Å². The molecule has 3 heterocycles. The Kier molecular flexibility index (Phi) is 8.28. The second kappa shape index (κ2) is 11.7. The van der Waals surface area contributed by atoms with Gasteiger partial charge in [0, 0.05) is 17.6 Å². The number of amides is 3. The summed E-state index contributed by atoms with van der Waals surface area (Å²) in [5.41, 5.74) is 5.27. The molecule has 0 radical (unpaired) electrons. The van der Waals surface area contributed by atoms with Crippen LogP contribution in [0.3, 0.4) is 0 Å². The zero-order valence-corrected chi connectivity index (χ0v) is 25.8. The number of oxazole rings is 1. The van der Waals surface area contributed by atoms with Crippen molar-refractivity contribution in [3.8, 4) is 10.4 Å². The number of carbonyl (C=O) groups excluding carboxylic acids is 3. The van der Waals surface area contributed by atoms with E-state index >= 15 is 0 Å². The summed E-state index contributed by atoms with van der Waals surface area (Å²) in [5, 5.41) is 5.83. The first-order valence-electron chi connectivity index (χ1n) is 13.5. The van der Waals surface area contributed by atoms with Crippen LogP contribution < -0.4 is 10.6 Å². The van der Waals surface area contributed by atoms with Crippen molar-refractivity contribution in [1.29, 1.82) is 0 Å². The molecule has 1 aliphatic rings. The van der Waals surface area contributed by atoms with E-state index < -0.39 is 23.4 Å². The minimum absolute atomic E-state index is 0.118. The molecule has 2 aromatic heterocycles. The molecule has 0 bridgehead atoms. The second-order valence-electron chi connectivity index (χ2n) is 11.3. The molecule has 0 saturated carbocycles. The Bertz CT molecular complexity index is 1590. The lowest BCUT2D eigenvalue weighted by molar-refractivity contribution is -0.141. The lowest BCUT2D eigenvalue weighted by Crippen LogP contribution is -2.57. The number of likely N-dealkylation sites (tertiary alicyclic amines) is 1. The average Bonchev–Trinajstić information content (AvgIpc) is 3.69. The molecule has 1 aliphatic heterocycles. The zero-order valence-electron chi connectivity index (χ0n) is 23.4. The molecule has 2 N–H and O–H groups in total. The molecule has 11 heteroatoms. The molecule has 5 rings (SSSR count). The van der Waals surface area contributed by atoms with Gasteiger partial charge in [0.25, 0.3) is 5.89 Å². The summed E-state index contributed by atoms with van der Waals surface area (Å²) in [7, 11) is 0. The van der Waals surface area contributed by atoms with Crippen molar-refractivity contribution in [3.05, 3.63) is 69.6 Å². The Morgan fingerprint density at radius 3 is 2.61 bits per heavy atom. The maximum atomic E-state index is 13.8. The molecule has 1 saturated heterocycles. The largest absolute Gasteiger partial charge is 0.432 e. The Balaban J connectivity index is 1.25. The monoisotopic (exact) mass is 637 g/mol. The van der Waals surface area contributed by atoms with Crippen LogP contribution in [0.25, 0.3) is 21.5 Å². The Morgan fingerprint density at radius 1 is 1.17 bits per heavy atom. The van der Waals surface area contributed by atoms with E-state index in [9.17, 15) is 14.4 Å². The number of hydrogen-bond donors (Lipinski definition) is 2. The van der Waals surface area contributed by atoms with Gasteiger partial charge in [0.2, 0.25) is 11.8 Å². The van der Waals surface area contributed by atoms with Crippen molar-refractivity contribution < 1.29 is 18.8 Å². The third kappa shape index (κ3) is 6.36. The normalized spacial score (nSPS) is 16.1. The fourth-order valence-corrected chi connectivity index (χ4v) is 6.13. The Labute approximate surface area is 250 Å². The van der Waals surface area contributed by atoms with Crippen molar-refractivity contribution in [2.75, 3.05) is 6.54 Å². The predicted octanol–water partition coefficient (Wildman–Crippen LogP) is 5.47. The van der Waals surface area contributed by atoms with Gasteiger partial charge in [-0.15, -0.1) is 11.3 Å². The number of rotatable bonds is 7. The standard InChI is InChI=1S/C30H32BrN5O4S/c1-17-24(41-16-33-17)19-9-7-18(8-10-19)15-32-26(37)22-6-5-13-36(22)29(39)25(30(2,3)4)35-27(38)28-34-21-14-20(31)11-12-23(21)40-28/h7-12,14,16,22,25H,5-6,13,15H2,1-4H3,(H,32,37)(H,35,38). The van der Waals surface area contributed by atoms with Gasteiger partial charge >= 0.3 is 5.91 Å². The van der Waals surface area contributed by atoms with Crippen molar-refractivity contribution in [2.45, 2.75) is 59.2 Å². The fraction of sp³-hybridized carbons (Fsp3) is 0.367. The van der Waals surface area contributed by atoms with E-state index in [1.54, 1.807) is 34.4 Å². The average molecular weight is 639 g/mol. The number of nitrogens with zero attached hydrogens (tertiary/aromatic N) is 3. The number of carbonyl (C=O) groups is 3. The molecule has 41 heavy (non-hydrogen) atoms. The third-order valence-corrected chi connectivity index (χ3v) is 8.67. The quantitative estimate of drug-likeness (QED) is 0.277. The molecular formula is C30H32BrN5O4S. The third-order valence-electron chi connectivity index (χ3n) is 7.20. The molecule has 214 valence electrons.